The van der Waals surface area contributed by atoms with E-state index in [1.165, 1.54) is 11.3 Å². The van der Waals surface area contributed by atoms with Crippen LogP contribution < -0.4 is 14.3 Å². The molecule has 0 bridgehead atoms. The number of thiophene rings is 3. The molecule has 3 aromatic heterocycles. The summed E-state index contributed by atoms with van der Waals surface area (Å²) in [7, 11) is -1.58. The van der Waals surface area contributed by atoms with Gasteiger partial charge in [-0.15, -0.1) is 34.0 Å². The predicted molar refractivity (Wildman–Crippen MR) is 112 cm³/mol. The number of ether oxygens (including phenoxy) is 4. The summed E-state index contributed by atoms with van der Waals surface area (Å²) in [6, 6.07) is 4.23. The Bertz CT molecular complexity index is 979. The molecule has 148 valence electrons. The van der Waals surface area contributed by atoms with E-state index >= 15 is 0 Å². The molecular formula is C18H19BO6S3. The van der Waals surface area contributed by atoms with Crippen LogP contribution in [0.4, 0.5) is 0 Å². The van der Waals surface area contributed by atoms with Gasteiger partial charge in [0.25, 0.3) is 0 Å². The molecule has 10 heteroatoms. The first kappa shape index (κ1) is 18.9. The first-order valence-electron chi connectivity index (χ1n) is 8.96. The number of hydrogen-bond donors (Lipinski definition) is 2. The maximum Gasteiger partial charge on any atom is 0.503 e. The smallest absolute Gasteiger partial charge is 0.486 e. The first-order valence-corrected chi connectivity index (χ1v) is 11.4. The van der Waals surface area contributed by atoms with Crippen LogP contribution in [0.5, 0.6) is 11.5 Å². The summed E-state index contributed by atoms with van der Waals surface area (Å²) in [5.74, 6) is 1.06. The highest BCUT2D eigenvalue weighted by atomic mass is 32.1. The molecule has 0 spiro atoms. The van der Waals surface area contributed by atoms with Gasteiger partial charge >= 0.3 is 7.12 Å². The average molecular weight is 438 g/mol. The molecule has 0 aromatic carbocycles. The molecule has 5 heterocycles. The Morgan fingerprint density at radius 3 is 2.32 bits per heavy atom. The Morgan fingerprint density at radius 1 is 0.964 bits per heavy atom. The van der Waals surface area contributed by atoms with E-state index in [9.17, 15) is 10.0 Å². The van der Waals surface area contributed by atoms with E-state index in [1.54, 1.807) is 22.7 Å². The van der Waals surface area contributed by atoms with E-state index in [0.29, 0.717) is 42.7 Å². The minimum Gasteiger partial charge on any atom is -0.486 e. The molecule has 6 nitrogen and oxygen atoms in total. The van der Waals surface area contributed by atoms with Crippen molar-refractivity contribution in [1.29, 1.82) is 0 Å². The van der Waals surface area contributed by atoms with Gasteiger partial charge in [-0.2, -0.15) is 0 Å². The molecule has 1 saturated heterocycles. The third kappa shape index (κ3) is 3.26. The van der Waals surface area contributed by atoms with Crippen LogP contribution in [0, 0.1) is 5.41 Å². The van der Waals surface area contributed by atoms with E-state index in [-0.39, 0.29) is 11.7 Å². The van der Waals surface area contributed by atoms with Crippen LogP contribution in [0.3, 0.4) is 0 Å². The van der Waals surface area contributed by atoms with Crippen LogP contribution in [0.2, 0.25) is 0 Å². The van der Waals surface area contributed by atoms with Crippen LogP contribution in [-0.4, -0.2) is 43.6 Å². The summed E-state index contributed by atoms with van der Waals surface area (Å²) in [4.78, 5) is 2.97. The van der Waals surface area contributed by atoms with Crippen molar-refractivity contribution < 1.29 is 29.0 Å². The van der Waals surface area contributed by atoms with Crippen molar-refractivity contribution in [1.82, 2.24) is 0 Å². The third-order valence-electron chi connectivity index (χ3n) is 4.59. The zero-order valence-electron chi connectivity index (χ0n) is 15.4. The zero-order valence-corrected chi connectivity index (χ0v) is 17.8. The normalized spacial score (nSPS) is 19.3. The molecule has 0 atom stereocenters. The molecule has 2 N–H and O–H groups in total. The standard InChI is InChI=1S/C18H19BO6S3/c1-18(2)7-24-17(25-8-18)12-6-10-9(27-12)5-11(26-10)15-13-14(23-4-3-22-13)16(28-15)19(20)21/h5-6,17,20-21H,3-4,7-8H2,1-2H3. The highest BCUT2D eigenvalue weighted by Gasteiger charge is 2.33. The largest absolute Gasteiger partial charge is 0.503 e. The summed E-state index contributed by atoms with van der Waals surface area (Å²) >= 11 is 4.61. The third-order valence-corrected chi connectivity index (χ3v) is 8.28. The minimum atomic E-state index is -1.58. The van der Waals surface area contributed by atoms with Gasteiger partial charge in [-0.1, -0.05) is 13.8 Å². The van der Waals surface area contributed by atoms with Crippen molar-refractivity contribution in [3.05, 3.63) is 17.0 Å². The van der Waals surface area contributed by atoms with Crippen LogP contribution in [0.1, 0.15) is 25.0 Å². The van der Waals surface area contributed by atoms with E-state index in [1.807, 2.05) is 0 Å². The molecule has 0 radical (unpaired) electrons. The molecule has 0 unspecified atom stereocenters. The van der Waals surface area contributed by atoms with Crippen LogP contribution in [0.25, 0.3) is 19.2 Å². The Kier molecular flexibility index (Phi) is 4.70. The number of rotatable bonds is 3. The van der Waals surface area contributed by atoms with Gasteiger partial charge in [-0.05, 0) is 12.1 Å². The molecule has 2 aliphatic heterocycles. The van der Waals surface area contributed by atoms with Gasteiger partial charge in [-0.3, -0.25) is 0 Å². The van der Waals surface area contributed by atoms with E-state index < -0.39 is 7.12 Å². The maximum atomic E-state index is 9.67. The average Bonchev–Trinajstić information content (AvgIpc) is 3.32. The maximum absolute atomic E-state index is 9.67. The van der Waals surface area contributed by atoms with E-state index in [2.05, 4.69) is 26.0 Å². The van der Waals surface area contributed by atoms with Gasteiger partial charge in [0, 0.05) is 14.8 Å². The SMILES string of the molecule is CC1(C)COC(c2cc3sc(-c4sc(B(O)O)c5c4OCCO5)cc3s2)OC1. The van der Waals surface area contributed by atoms with Crippen molar-refractivity contribution in [2.24, 2.45) is 5.41 Å². The summed E-state index contributed by atoms with van der Waals surface area (Å²) in [5.41, 5.74) is 0.0492. The summed E-state index contributed by atoms with van der Waals surface area (Å²) < 4.78 is 25.9. The monoisotopic (exact) mass is 438 g/mol. The lowest BCUT2D eigenvalue weighted by Gasteiger charge is -2.34. The van der Waals surface area contributed by atoms with Crippen LogP contribution >= 0.6 is 34.0 Å². The van der Waals surface area contributed by atoms with Gasteiger partial charge in [0.15, 0.2) is 17.8 Å². The summed E-state index contributed by atoms with van der Waals surface area (Å²) in [5, 5.41) is 19.3. The fraction of sp³-hybridized carbons (Fsp3) is 0.444. The van der Waals surface area contributed by atoms with Crippen LogP contribution in [0.15, 0.2) is 12.1 Å². The van der Waals surface area contributed by atoms with Gasteiger partial charge in [-0.25, -0.2) is 0 Å². The fourth-order valence-corrected chi connectivity index (χ4v) is 6.81. The van der Waals surface area contributed by atoms with Crippen molar-refractivity contribution in [3.8, 4) is 21.3 Å². The van der Waals surface area contributed by atoms with E-state index in [4.69, 9.17) is 18.9 Å². The fourth-order valence-electron chi connectivity index (χ4n) is 3.24. The van der Waals surface area contributed by atoms with Crippen molar-refractivity contribution in [2.45, 2.75) is 20.1 Å². The Balaban J connectivity index is 1.46. The molecular weight excluding hydrogens is 419 g/mol. The Labute approximate surface area is 174 Å². The van der Waals surface area contributed by atoms with Crippen molar-refractivity contribution in [2.75, 3.05) is 26.4 Å². The lowest BCUT2D eigenvalue weighted by Crippen LogP contribution is -2.33. The number of fused-ring (bicyclic) bond motifs is 2. The molecule has 28 heavy (non-hydrogen) atoms. The van der Waals surface area contributed by atoms with Crippen LogP contribution in [-0.2, 0) is 9.47 Å². The quantitative estimate of drug-likeness (QED) is 0.612. The second kappa shape index (κ2) is 6.98. The molecule has 3 aromatic rings. The van der Waals surface area contributed by atoms with Gasteiger partial charge in [0.05, 0.1) is 32.6 Å². The molecule has 0 aliphatic carbocycles. The lowest BCUT2D eigenvalue weighted by atomic mass is 9.88. The first-order chi connectivity index (χ1) is 13.4. The molecule has 0 amide bonds. The number of hydrogen-bond acceptors (Lipinski definition) is 9. The minimum absolute atomic E-state index is 0.0492. The Hall–Kier alpha value is -1.14. The molecule has 0 saturated carbocycles. The lowest BCUT2D eigenvalue weighted by molar-refractivity contribution is -0.224. The highest BCUT2D eigenvalue weighted by Crippen LogP contribution is 2.49. The van der Waals surface area contributed by atoms with Gasteiger partial charge in [0.1, 0.15) is 13.2 Å². The molecule has 5 rings (SSSR count). The van der Waals surface area contributed by atoms with Crippen molar-refractivity contribution in [3.63, 3.8) is 0 Å². The van der Waals surface area contributed by atoms with E-state index in [0.717, 1.165) is 24.0 Å². The predicted octanol–water partition coefficient (Wildman–Crippen LogP) is 3.21. The summed E-state index contributed by atoms with van der Waals surface area (Å²) in [6.07, 6.45) is -0.302. The second-order valence-corrected chi connectivity index (χ2v) is 10.9. The topological polar surface area (TPSA) is 77.4 Å². The van der Waals surface area contributed by atoms with Crippen molar-refractivity contribution >= 4 is 55.3 Å². The second-order valence-electron chi connectivity index (χ2n) is 7.63. The molecule has 2 aliphatic rings. The Morgan fingerprint density at radius 2 is 1.64 bits per heavy atom. The molecule has 1 fully saturated rings. The zero-order chi connectivity index (χ0) is 19.5. The highest BCUT2D eigenvalue weighted by molar-refractivity contribution is 7.33. The van der Waals surface area contributed by atoms with Gasteiger partial charge < -0.3 is 29.0 Å². The van der Waals surface area contributed by atoms with Gasteiger partial charge in [0.2, 0.25) is 0 Å². The summed E-state index contributed by atoms with van der Waals surface area (Å²) in [6.45, 7) is 6.48.